The first-order valence-corrected chi connectivity index (χ1v) is 6.28. The summed E-state index contributed by atoms with van der Waals surface area (Å²) in [6.07, 6.45) is -2.39. The van der Waals surface area contributed by atoms with Crippen LogP contribution in [0.2, 0.25) is 0 Å². The number of halogens is 4. The first-order valence-electron chi connectivity index (χ1n) is 6.28. The van der Waals surface area contributed by atoms with Gasteiger partial charge in [-0.2, -0.15) is 13.2 Å². The topological polar surface area (TPSA) is 24.1 Å². The molecule has 0 radical (unpaired) electrons. The molecule has 1 fully saturated rings. The van der Waals surface area contributed by atoms with Crippen molar-refractivity contribution in [2.75, 3.05) is 25.0 Å². The Morgan fingerprint density at radius 1 is 1.32 bits per heavy atom. The van der Waals surface area contributed by atoms with Gasteiger partial charge in [0, 0.05) is 6.54 Å². The van der Waals surface area contributed by atoms with Crippen LogP contribution >= 0.6 is 0 Å². The molecule has 0 saturated carbocycles. The van der Waals surface area contributed by atoms with Crippen LogP contribution < -0.4 is 10.6 Å². The van der Waals surface area contributed by atoms with E-state index in [0.717, 1.165) is 38.1 Å². The highest BCUT2D eigenvalue weighted by Crippen LogP contribution is 2.31. The molecule has 2 N–H and O–H groups in total. The first kappa shape index (κ1) is 14.1. The molecule has 0 spiro atoms. The lowest BCUT2D eigenvalue weighted by Gasteiger charge is -2.23. The second-order valence-corrected chi connectivity index (χ2v) is 4.79. The fourth-order valence-corrected chi connectivity index (χ4v) is 2.19. The summed E-state index contributed by atoms with van der Waals surface area (Å²) in [4.78, 5) is 0. The Morgan fingerprint density at radius 2 is 2.11 bits per heavy atom. The summed E-state index contributed by atoms with van der Waals surface area (Å²) in [6, 6.07) is 2.57. The van der Waals surface area contributed by atoms with Crippen LogP contribution in [0.4, 0.5) is 23.2 Å². The number of benzene rings is 1. The smallest absolute Gasteiger partial charge is 0.382 e. The molecule has 2 nitrogen and oxygen atoms in total. The van der Waals surface area contributed by atoms with E-state index in [1.165, 1.54) is 0 Å². The number of anilines is 1. The summed E-state index contributed by atoms with van der Waals surface area (Å²) < 4.78 is 50.7. The van der Waals surface area contributed by atoms with Crippen LogP contribution in [0.5, 0.6) is 0 Å². The predicted octanol–water partition coefficient (Wildman–Crippen LogP) is 3.26. The summed E-state index contributed by atoms with van der Waals surface area (Å²) >= 11 is 0. The van der Waals surface area contributed by atoms with E-state index in [4.69, 9.17) is 0 Å². The quantitative estimate of drug-likeness (QED) is 0.828. The van der Waals surface area contributed by atoms with Crippen LogP contribution in [-0.2, 0) is 6.18 Å². The van der Waals surface area contributed by atoms with Crippen molar-refractivity contribution >= 4 is 5.69 Å². The second-order valence-electron chi connectivity index (χ2n) is 4.79. The Labute approximate surface area is 109 Å². The fraction of sp³-hybridized carbons (Fsp3) is 0.538. The lowest BCUT2D eigenvalue weighted by atomic mass is 9.99. The molecule has 106 valence electrons. The van der Waals surface area contributed by atoms with Crippen LogP contribution in [0.25, 0.3) is 0 Å². The molecule has 1 aliphatic rings. The van der Waals surface area contributed by atoms with Gasteiger partial charge in [0.05, 0.1) is 11.3 Å². The Balaban J connectivity index is 1.97. The van der Waals surface area contributed by atoms with E-state index in [1.54, 1.807) is 0 Å². The van der Waals surface area contributed by atoms with Crippen LogP contribution in [0.3, 0.4) is 0 Å². The number of piperidine rings is 1. The number of rotatable bonds is 3. The molecule has 19 heavy (non-hydrogen) atoms. The van der Waals surface area contributed by atoms with Gasteiger partial charge in [-0.3, -0.25) is 0 Å². The van der Waals surface area contributed by atoms with Gasteiger partial charge < -0.3 is 10.6 Å². The molecule has 1 heterocycles. The lowest BCUT2D eigenvalue weighted by molar-refractivity contribution is -0.137. The van der Waals surface area contributed by atoms with Crippen molar-refractivity contribution in [1.29, 1.82) is 0 Å². The molecule has 1 unspecified atom stereocenters. The van der Waals surface area contributed by atoms with Gasteiger partial charge in [-0.1, -0.05) is 0 Å². The highest BCUT2D eigenvalue weighted by atomic mass is 19.4. The molecule has 6 heteroatoms. The Morgan fingerprint density at radius 3 is 2.68 bits per heavy atom. The molecular formula is C13H16F4N2. The normalized spacial score (nSPS) is 20.3. The average molecular weight is 276 g/mol. The minimum atomic E-state index is -4.51. The van der Waals surface area contributed by atoms with E-state index in [9.17, 15) is 17.6 Å². The molecule has 2 rings (SSSR count). The molecular weight excluding hydrogens is 260 g/mol. The summed E-state index contributed by atoms with van der Waals surface area (Å²) in [5, 5.41) is 6.11. The van der Waals surface area contributed by atoms with Gasteiger partial charge in [-0.15, -0.1) is 0 Å². The number of hydrogen-bond donors (Lipinski definition) is 2. The predicted molar refractivity (Wildman–Crippen MR) is 65.5 cm³/mol. The van der Waals surface area contributed by atoms with Crippen molar-refractivity contribution in [2.24, 2.45) is 5.92 Å². The SMILES string of the molecule is Fc1cc(C(F)(F)F)ccc1NCC1CCCNC1. The number of alkyl halides is 3. The molecule has 0 bridgehead atoms. The zero-order chi connectivity index (χ0) is 13.9. The molecule has 0 aromatic heterocycles. The van der Waals surface area contributed by atoms with Crippen molar-refractivity contribution in [2.45, 2.75) is 19.0 Å². The van der Waals surface area contributed by atoms with Crippen molar-refractivity contribution in [1.82, 2.24) is 5.32 Å². The summed E-state index contributed by atoms with van der Waals surface area (Å²) in [7, 11) is 0. The molecule has 0 amide bonds. The van der Waals surface area contributed by atoms with E-state index < -0.39 is 17.6 Å². The van der Waals surface area contributed by atoms with Crippen molar-refractivity contribution in [3.63, 3.8) is 0 Å². The Kier molecular flexibility index (Phi) is 4.29. The van der Waals surface area contributed by atoms with E-state index in [2.05, 4.69) is 10.6 Å². The van der Waals surface area contributed by atoms with Gasteiger partial charge >= 0.3 is 6.18 Å². The van der Waals surface area contributed by atoms with E-state index in [-0.39, 0.29) is 5.69 Å². The minimum Gasteiger partial charge on any atom is -0.382 e. The van der Waals surface area contributed by atoms with Gasteiger partial charge in [-0.05, 0) is 50.0 Å². The second kappa shape index (κ2) is 5.77. The van der Waals surface area contributed by atoms with Crippen molar-refractivity contribution in [3.05, 3.63) is 29.6 Å². The Bertz CT molecular complexity index is 425. The third-order valence-electron chi connectivity index (χ3n) is 3.28. The summed E-state index contributed by atoms with van der Waals surface area (Å²) in [5.74, 6) is -0.478. The van der Waals surface area contributed by atoms with Crippen LogP contribution in [0.15, 0.2) is 18.2 Å². The van der Waals surface area contributed by atoms with Crippen LogP contribution in [0.1, 0.15) is 18.4 Å². The molecule has 1 aromatic rings. The Hall–Kier alpha value is -1.30. The summed E-state index contributed by atoms with van der Waals surface area (Å²) in [5.41, 5.74) is -0.839. The standard InChI is InChI=1S/C13H16F4N2/c14-11-6-10(13(15,16)17)3-4-12(11)19-8-9-2-1-5-18-7-9/h3-4,6,9,18-19H,1-2,5,7-8H2. The van der Waals surface area contributed by atoms with Gasteiger partial charge in [0.1, 0.15) is 5.82 Å². The molecule has 1 aromatic carbocycles. The largest absolute Gasteiger partial charge is 0.416 e. The zero-order valence-electron chi connectivity index (χ0n) is 10.4. The minimum absolute atomic E-state index is 0.124. The molecule has 1 aliphatic heterocycles. The molecule has 1 atom stereocenters. The van der Waals surface area contributed by atoms with Gasteiger partial charge in [0.2, 0.25) is 0 Å². The van der Waals surface area contributed by atoms with Gasteiger partial charge in [0.15, 0.2) is 0 Å². The number of nitrogens with one attached hydrogen (secondary N) is 2. The zero-order valence-corrected chi connectivity index (χ0v) is 10.4. The van der Waals surface area contributed by atoms with Crippen LogP contribution in [0, 0.1) is 11.7 Å². The van der Waals surface area contributed by atoms with Gasteiger partial charge in [0.25, 0.3) is 0 Å². The van der Waals surface area contributed by atoms with Crippen molar-refractivity contribution in [3.8, 4) is 0 Å². The maximum Gasteiger partial charge on any atom is 0.416 e. The van der Waals surface area contributed by atoms with E-state index in [1.807, 2.05) is 0 Å². The maximum atomic E-state index is 13.6. The monoisotopic (exact) mass is 276 g/mol. The molecule has 0 aliphatic carbocycles. The summed E-state index contributed by atoms with van der Waals surface area (Å²) in [6.45, 7) is 2.41. The fourth-order valence-electron chi connectivity index (χ4n) is 2.19. The number of hydrogen-bond acceptors (Lipinski definition) is 2. The highest BCUT2D eigenvalue weighted by molar-refractivity contribution is 5.46. The van der Waals surface area contributed by atoms with Crippen LogP contribution in [-0.4, -0.2) is 19.6 Å². The van der Waals surface area contributed by atoms with Crippen molar-refractivity contribution < 1.29 is 17.6 Å². The third-order valence-corrected chi connectivity index (χ3v) is 3.28. The first-order chi connectivity index (χ1) is 8.97. The highest BCUT2D eigenvalue weighted by Gasteiger charge is 2.31. The van der Waals surface area contributed by atoms with E-state index >= 15 is 0 Å². The average Bonchev–Trinajstić information content (AvgIpc) is 2.37. The third kappa shape index (κ3) is 3.83. The lowest BCUT2D eigenvalue weighted by Crippen LogP contribution is -2.33. The van der Waals surface area contributed by atoms with E-state index in [0.29, 0.717) is 18.5 Å². The van der Waals surface area contributed by atoms with Gasteiger partial charge in [-0.25, -0.2) is 4.39 Å². The molecule has 1 saturated heterocycles. The maximum absolute atomic E-state index is 13.6.